The third-order valence-electron chi connectivity index (χ3n) is 3.93. The van der Waals surface area contributed by atoms with Crippen LogP contribution in [0.5, 0.6) is 5.75 Å². The van der Waals surface area contributed by atoms with Gasteiger partial charge < -0.3 is 10.1 Å². The summed E-state index contributed by atoms with van der Waals surface area (Å²) in [5.74, 6) is 1.72. The summed E-state index contributed by atoms with van der Waals surface area (Å²) >= 11 is 7.80. The number of fused-ring (bicyclic) bond motifs is 1. The third kappa shape index (κ3) is 3.07. The van der Waals surface area contributed by atoms with E-state index in [0.717, 1.165) is 27.3 Å². The van der Waals surface area contributed by atoms with Crippen LogP contribution in [0.3, 0.4) is 0 Å². The highest BCUT2D eigenvalue weighted by Crippen LogP contribution is 2.30. The number of amidine groups is 1. The zero-order valence-electron chi connectivity index (χ0n) is 11.6. The fraction of sp³-hybridized carbons (Fsp3) is 0.533. The van der Waals surface area contributed by atoms with Crippen LogP contribution in [0.15, 0.2) is 23.2 Å². The number of rotatable bonds is 3. The molecule has 3 rings (SSSR count). The van der Waals surface area contributed by atoms with E-state index in [4.69, 9.17) is 21.3 Å². The quantitative estimate of drug-likeness (QED) is 0.920. The van der Waals surface area contributed by atoms with Crippen LogP contribution in [-0.2, 0) is 5.75 Å². The maximum atomic E-state index is 6.06. The summed E-state index contributed by atoms with van der Waals surface area (Å²) in [5.41, 5.74) is 1.12. The van der Waals surface area contributed by atoms with Gasteiger partial charge in [0.05, 0.1) is 19.2 Å². The van der Waals surface area contributed by atoms with E-state index in [1.807, 2.05) is 18.2 Å². The minimum Gasteiger partial charge on any atom is -0.496 e. The molecular weight excluding hydrogens is 292 g/mol. The van der Waals surface area contributed by atoms with Gasteiger partial charge in [-0.1, -0.05) is 36.2 Å². The number of hydrogen-bond acceptors (Lipinski definition) is 4. The molecule has 0 radical (unpaired) electrons. The van der Waals surface area contributed by atoms with Crippen LogP contribution in [0.1, 0.15) is 31.2 Å². The first-order valence-electron chi connectivity index (χ1n) is 7.06. The Morgan fingerprint density at radius 3 is 3.05 bits per heavy atom. The number of aliphatic imine (C=N–C) groups is 1. The molecule has 1 aliphatic carbocycles. The zero-order valence-corrected chi connectivity index (χ0v) is 13.1. The van der Waals surface area contributed by atoms with Gasteiger partial charge in [-0.25, -0.2) is 0 Å². The van der Waals surface area contributed by atoms with E-state index in [1.54, 1.807) is 18.9 Å². The average Bonchev–Trinajstić information content (AvgIpc) is 2.88. The number of halogens is 1. The van der Waals surface area contributed by atoms with Gasteiger partial charge in [-0.3, -0.25) is 4.99 Å². The summed E-state index contributed by atoms with van der Waals surface area (Å²) < 4.78 is 5.38. The molecule has 108 valence electrons. The zero-order chi connectivity index (χ0) is 13.9. The molecule has 2 aliphatic rings. The van der Waals surface area contributed by atoms with Gasteiger partial charge in [-0.05, 0) is 31.0 Å². The standard InChI is InChI=1S/C15H19ClN2OS/c1-19-14-7-6-11(16)8-10(14)9-20-15-17-12-4-2-3-5-13(12)18-15/h6-8,12-13H,2-5,9H2,1H3,(H,17,18)/t12-,13-/m0/s1. The molecule has 1 aromatic carbocycles. The number of nitrogens with one attached hydrogen (secondary N) is 1. The highest BCUT2D eigenvalue weighted by Gasteiger charge is 2.30. The third-order valence-corrected chi connectivity index (χ3v) is 5.12. The molecule has 0 amide bonds. The monoisotopic (exact) mass is 310 g/mol. The Morgan fingerprint density at radius 2 is 2.25 bits per heavy atom. The van der Waals surface area contributed by atoms with Gasteiger partial charge >= 0.3 is 0 Å². The summed E-state index contributed by atoms with van der Waals surface area (Å²) in [4.78, 5) is 4.80. The highest BCUT2D eigenvalue weighted by atomic mass is 35.5. The molecule has 3 nitrogen and oxygen atoms in total. The summed E-state index contributed by atoms with van der Waals surface area (Å²) in [6, 6.07) is 6.80. The molecule has 0 bridgehead atoms. The molecule has 5 heteroatoms. The van der Waals surface area contributed by atoms with Crippen molar-refractivity contribution in [3.8, 4) is 5.75 Å². The Morgan fingerprint density at radius 1 is 1.40 bits per heavy atom. The Balaban J connectivity index is 1.64. The minimum atomic E-state index is 0.493. The van der Waals surface area contributed by atoms with Crippen LogP contribution in [0.25, 0.3) is 0 Å². The Kier molecular flexibility index (Phi) is 4.41. The molecule has 0 unspecified atom stereocenters. The first-order chi connectivity index (χ1) is 9.76. The molecule has 2 atom stereocenters. The van der Waals surface area contributed by atoms with Crippen molar-refractivity contribution < 1.29 is 4.74 Å². The Labute approximate surface area is 129 Å². The number of thioether (sulfide) groups is 1. The second-order valence-corrected chi connectivity index (χ2v) is 6.68. The fourth-order valence-corrected chi connectivity index (χ4v) is 4.02. The van der Waals surface area contributed by atoms with Crippen molar-refractivity contribution in [3.63, 3.8) is 0 Å². The van der Waals surface area contributed by atoms with E-state index in [1.165, 1.54) is 25.7 Å². The van der Waals surface area contributed by atoms with Crippen molar-refractivity contribution in [1.29, 1.82) is 0 Å². The van der Waals surface area contributed by atoms with Crippen LogP contribution < -0.4 is 10.1 Å². The largest absolute Gasteiger partial charge is 0.496 e. The van der Waals surface area contributed by atoms with Crippen LogP contribution in [0, 0.1) is 0 Å². The molecule has 1 heterocycles. The summed E-state index contributed by atoms with van der Waals surface area (Å²) in [6.07, 6.45) is 5.11. The normalized spacial score (nSPS) is 24.8. The minimum absolute atomic E-state index is 0.493. The lowest BCUT2D eigenvalue weighted by molar-refractivity contribution is 0.385. The van der Waals surface area contributed by atoms with Crippen LogP contribution in [-0.4, -0.2) is 24.4 Å². The Hall–Kier alpha value is -0.870. The van der Waals surface area contributed by atoms with Gasteiger partial charge in [0, 0.05) is 16.3 Å². The highest BCUT2D eigenvalue weighted by molar-refractivity contribution is 8.13. The molecule has 1 aromatic rings. The van der Waals surface area contributed by atoms with Gasteiger partial charge in [-0.15, -0.1) is 0 Å². The molecule has 1 saturated carbocycles. The van der Waals surface area contributed by atoms with Gasteiger partial charge in [0.15, 0.2) is 5.17 Å². The summed E-state index contributed by atoms with van der Waals surface area (Å²) in [6.45, 7) is 0. The molecule has 0 aromatic heterocycles. The smallest absolute Gasteiger partial charge is 0.157 e. The van der Waals surface area contributed by atoms with E-state index in [9.17, 15) is 0 Å². The van der Waals surface area contributed by atoms with Crippen molar-refractivity contribution in [2.75, 3.05) is 7.11 Å². The van der Waals surface area contributed by atoms with E-state index in [-0.39, 0.29) is 0 Å². The van der Waals surface area contributed by atoms with E-state index in [0.29, 0.717) is 12.1 Å². The molecule has 0 spiro atoms. The number of ether oxygens (including phenoxy) is 1. The van der Waals surface area contributed by atoms with Gasteiger partial charge in [0.1, 0.15) is 5.75 Å². The van der Waals surface area contributed by atoms with Crippen LogP contribution >= 0.6 is 23.4 Å². The second-order valence-electron chi connectivity index (χ2n) is 5.28. The SMILES string of the molecule is COc1ccc(Cl)cc1CSC1=N[C@H]2CCCC[C@@H]2N1. The van der Waals surface area contributed by atoms with Crippen LogP contribution in [0.4, 0.5) is 0 Å². The topological polar surface area (TPSA) is 33.6 Å². The Bertz CT molecular complexity index is 521. The lowest BCUT2D eigenvalue weighted by atomic mass is 9.92. The van der Waals surface area contributed by atoms with E-state index < -0.39 is 0 Å². The number of nitrogens with zero attached hydrogens (tertiary/aromatic N) is 1. The molecular formula is C15H19ClN2OS. The fourth-order valence-electron chi connectivity index (χ4n) is 2.87. The van der Waals surface area contributed by atoms with Crippen molar-refractivity contribution >= 4 is 28.5 Å². The predicted molar refractivity (Wildman–Crippen MR) is 85.9 cm³/mol. The van der Waals surface area contributed by atoms with E-state index >= 15 is 0 Å². The molecule has 1 aliphatic heterocycles. The molecule has 1 fully saturated rings. The van der Waals surface area contributed by atoms with Crippen LogP contribution in [0.2, 0.25) is 5.02 Å². The lowest BCUT2D eigenvalue weighted by Gasteiger charge is -2.23. The number of hydrogen-bond donors (Lipinski definition) is 1. The summed E-state index contributed by atoms with van der Waals surface area (Å²) in [7, 11) is 1.69. The first-order valence-corrected chi connectivity index (χ1v) is 8.42. The van der Waals surface area contributed by atoms with Crippen molar-refractivity contribution in [1.82, 2.24) is 5.32 Å². The molecule has 20 heavy (non-hydrogen) atoms. The van der Waals surface area contributed by atoms with Crippen molar-refractivity contribution in [3.05, 3.63) is 28.8 Å². The predicted octanol–water partition coefficient (Wildman–Crippen LogP) is 3.85. The number of benzene rings is 1. The van der Waals surface area contributed by atoms with Crippen molar-refractivity contribution in [2.45, 2.75) is 43.5 Å². The maximum absolute atomic E-state index is 6.06. The van der Waals surface area contributed by atoms with Gasteiger partial charge in [0.25, 0.3) is 0 Å². The average molecular weight is 311 g/mol. The lowest BCUT2D eigenvalue weighted by Crippen LogP contribution is -2.36. The summed E-state index contributed by atoms with van der Waals surface area (Å²) in [5, 5.41) is 5.37. The van der Waals surface area contributed by atoms with E-state index in [2.05, 4.69) is 5.32 Å². The van der Waals surface area contributed by atoms with Gasteiger partial charge in [0.2, 0.25) is 0 Å². The molecule has 1 N–H and O–H groups in total. The van der Waals surface area contributed by atoms with Gasteiger partial charge in [-0.2, -0.15) is 0 Å². The molecule has 0 saturated heterocycles. The van der Waals surface area contributed by atoms with Crippen molar-refractivity contribution in [2.24, 2.45) is 4.99 Å². The number of methoxy groups -OCH3 is 1. The second kappa shape index (κ2) is 6.27. The maximum Gasteiger partial charge on any atom is 0.157 e. The first kappa shape index (κ1) is 14.1.